The zero-order valence-electron chi connectivity index (χ0n) is 17.0. The van der Waals surface area contributed by atoms with Crippen molar-refractivity contribution in [3.8, 4) is 0 Å². The highest BCUT2D eigenvalue weighted by Crippen LogP contribution is 2.17. The number of para-hydroxylation sites is 2. The molecule has 2 aliphatic rings. The molecule has 1 atom stereocenters. The predicted octanol–water partition coefficient (Wildman–Crippen LogP) is 2.84. The number of aryl methyl sites for hydroxylation is 2. The monoisotopic (exact) mass is 384 g/mol. The van der Waals surface area contributed by atoms with E-state index in [0.717, 1.165) is 49.5 Å². The minimum atomic E-state index is 0.139. The number of fused-ring (bicyclic) bond motifs is 1. The minimum absolute atomic E-state index is 0.139. The number of benzene rings is 1. The van der Waals surface area contributed by atoms with Crippen LogP contribution in [0.25, 0.3) is 11.0 Å². The number of rotatable bonds is 5. The molecule has 1 aromatic heterocycles. The molecule has 0 aliphatic carbocycles. The third kappa shape index (κ3) is 4.55. The van der Waals surface area contributed by atoms with E-state index in [0.29, 0.717) is 13.0 Å². The van der Waals surface area contributed by atoms with Crippen LogP contribution in [0.2, 0.25) is 0 Å². The number of hydrogen-bond acceptors (Lipinski definition) is 4. The smallest absolute Gasteiger partial charge is 0.224 e. The van der Waals surface area contributed by atoms with Crippen LogP contribution in [0.15, 0.2) is 24.3 Å². The van der Waals surface area contributed by atoms with E-state index in [2.05, 4.69) is 20.5 Å². The van der Waals surface area contributed by atoms with E-state index in [-0.39, 0.29) is 12.0 Å². The Morgan fingerprint density at radius 2 is 1.96 bits per heavy atom. The maximum atomic E-state index is 13.0. The lowest BCUT2D eigenvalue weighted by molar-refractivity contribution is -0.132. The summed E-state index contributed by atoms with van der Waals surface area (Å²) in [4.78, 5) is 22.1. The lowest BCUT2D eigenvalue weighted by Crippen LogP contribution is -2.44. The molecule has 28 heavy (non-hydrogen) atoms. The van der Waals surface area contributed by atoms with Gasteiger partial charge in [-0.1, -0.05) is 18.6 Å². The van der Waals surface area contributed by atoms with Crippen molar-refractivity contribution in [2.75, 3.05) is 39.3 Å². The number of nitrogens with zero attached hydrogens (tertiary/aromatic N) is 4. The van der Waals surface area contributed by atoms with E-state index in [1.165, 1.54) is 32.4 Å². The number of hydrogen-bond donors (Lipinski definition) is 0. The first-order valence-corrected chi connectivity index (χ1v) is 10.7. The molecule has 0 bridgehead atoms. The van der Waals surface area contributed by atoms with Gasteiger partial charge in [0.2, 0.25) is 5.91 Å². The zero-order chi connectivity index (χ0) is 19.3. The Hall–Kier alpha value is -1.92. The molecule has 1 unspecified atom stereocenters. The number of carbonyl (C=O) groups is 1. The SMILES string of the molecule is Cc1nc2ccccc2n1CCC(=O)N1CCCOC(CN2CCCCC2)C1. The van der Waals surface area contributed by atoms with Gasteiger partial charge in [-0.3, -0.25) is 4.79 Å². The van der Waals surface area contributed by atoms with Crippen LogP contribution < -0.4 is 0 Å². The van der Waals surface area contributed by atoms with Gasteiger partial charge in [0.1, 0.15) is 5.82 Å². The van der Waals surface area contributed by atoms with Crippen LogP contribution >= 0.6 is 0 Å². The van der Waals surface area contributed by atoms with Crippen molar-refractivity contribution in [3.63, 3.8) is 0 Å². The van der Waals surface area contributed by atoms with Gasteiger partial charge in [-0.05, 0) is 51.4 Å². The molecule has 2 fully saturated rings. The van der Waals surface area contributed by atoms with E-state index in [1.54, 1.807) is 0 Å². The van der Waals surface area contributed by atoms with Crippen LogP contribution in [0.4, 0.5) is 0 Å². The molecule has 0 saturated carbocycles. The quantitative estimate of drug-likeness (QED) is 0.795. The summed E-state index contributed by atoms with van der Waals surface area (Å²) in [7, 11) is 0. The fraction of sp³-hybridized carbons (Fsp3) is 0.636. The van der Waals surface area contributed by atoms with Gasteiger partial charge in [0.15, 0.2) is 0 Å². The molecule has 2 aliphatic heterocycles. The summed E-state index contributed by atoms with van der Waals surface area (Å²) in [6.45, 7) is 8.26. The lowest BCUT2D eigenvalue weighted by Gasteiger charge is -2.31. The van der Waals surface area contributed by atoms with E-state index in [4.69, 9.17) is 4.74 Å². The lowest BCUT2D eigenvalue weighted by atomic mass is 10.1. The average Bonchev–Trinajstić information content (AvgIpc) is 2.87. The molecule has 3 heterocycles. The van der Waals surface area contributed by atoms with Crippen LogP contribution in [0.1, 0.15) is 37.9 Å². The van der Waals surface area contributed by atoms with Crippen molar-refractivity contribution in [2.24, 2.45) is 0 Å². The first-order valence-electron chi connectivity index (χ1n) is 10.7. The number of carbonyl (C=O) groups excluding carboxylic acids is 1. The highest BCUT2D eigenvalue weighted by atomic mass is 16.5. The second kappa shape index (κ2) is 9.05. The topological polar surface area (TPSA) is 50.6 Å². The summed E-state index contributed by atoms with van der Waals surface area (Å²) in [5, 5.41) is 0. The van der Waals surface area contributed by atoms with Gasteiger partial charge in [0.05, 0.1) is 17.1 Å². The molecule has 1 aromatic carbocycles. The second-order valence-corrected chi connectivity index (χ2v) is 8.10. The van der Waals surface area contributed by atoms with Gasteiger partial charge in [0, 0.05) is 39.2 Å². The second-order valence-electron chi connectivity index (χ2n) is 8.10. The maximum Gasteiger partial charge on any atom is 0.224 e. The normalized spacial score (nSPS) is 21.8. The van der Waals surface area contributed by atoms with Crippen LogP contribution in [0.5, 0.6) is 0 Å². The van der Waals surface area contributed by atoms with E-state index in [1.807, 2.05) is 30.0 Å². The van der Waals surface area contributed by atoms with Crippen molar-refractivity contribution in [2.45, 2.75) is 51.7 Å². The molecule has 1 amide bonds. The number of piperidine rings is 1. The Morgan fingerprint density at radius 3 is 2.82 bits per heavy atom. The minimum Gasteiger partial charge on any atom is -0.375 e. The van der Waals surface area contributed by atoms with E-state index in [9.17, 15) is 4.79 Å². The van der Waals surface area contributed by atoms with Gasteiger partial charge in [-0.15, -0.1) is 0 Å². The zero-order valence-corrected chi connectivity index (χ0v) is 17.0. The van der Waals surface area contributed by atoms with Crippen molar-refractivity contribution in [3.05, 3.63) is 30.1 Å². The van der Waals surface area contributed by atoms with Gasteiger partial charge < -0.3 is 19.1 Å². The largest absolute Gasteiger partial charge is 0.375 e. The molecule has 0 spiro atoms. The fourth-order valence-electron chi connectivity index (χ4n) is 4.51. The predicted molar refractivity (Wildman–Crippen MR) is 110 cm³/mol. The van der Waals surface area contributed by atoms with Gasteiger partial charge in [-0.25, -0.2) is 4.98 Å². The summed E-state index contributed by atoms with van der Waals surface area (Å²) in [5.74, 6) is 1.20. The van der Waals surface area contributed by atoms with Gasteiger partial charge in [0.25, 0.3) is 0 Å². The first kappa shape index (κ1) is 19.4. The Labute approximate surface area is 167 Å². The summed E-state index contributed by atoms with van der Waals surface area (Å²) < 4.78 is 8.22. The molecule has 6 nitrogen and oxygen atoms in total. The molecule has 2 saturated heterocycles. The average molecular weight is 385 g/mol. The summed E-state index contributed by atoms with van der Waals surface area (Å²) in [6, 6.07) is 8.13. The third-order valence-electron chi connectivity index (χ3n) is 6.01. The summed E-state index contributed by atoms with van der Waals surface area (Å²) >= 11 is 0. The molecule has 2 aromatic rings. The Morgan fingerprint density at radius 1 is 1.14 bits per heavy atom. The number of aromatic nitrogens is 2. The molecule has 0 N–H and O–H groups in total. The fourth-order valence-corrected chi connectivity index (χ4v) is 4.51. The summed E-state index contributed by atoms with van der Waals surface area (Å²) in [6.07, 6.45) is 5.49. The van der Waals surface area contributed by atoms with Crippen LogP contribution in [-0.4, -0.2) is 70.7 Å². The standard InChI is InChI=1S/C22H32N4O2/c1-18-23-20-8-3-4-9-21(20)26(18)14-10-22(27)25-13-7-15-28-19(17-25)16-24-11-5-2-6-12-24/h3-4,8-9,19H,2,5-7,10-17H2,1H3. The van der Waals surface area contributed by atoms with Gasteiger partial charge in [-0.2, -0.15) is 0 Å². The number of ether oxygens (including phenoxy) is 1. The third-order valence-corrected chi connectivity index (χ3v) is 6.01. The molecule has 4 rings (SSSR count). The van der Waals surface area contributed by atoms with Gasteiger partial charge >= 0.3 is 0 Å². The van der Waals surface area contributed by atoms with Crippen LogP contribution in [0, 0.1) is 6.92 Å². The first-order chi connectivity index (χ1) is 13.7. The number of amides is 1. The Bertz CT molecular complexity index is 797. The highest BCUT2D eigenvalue weighted by Gasteiger charge is 2.25. The van der Waals surface area contributed by atoms with Crippen molar-refractivity contribution >= 4 is 16.9 Å². The van der Waals surface area contributed by atoms with Crippen molar-refractivity contribution in [1.29, 1.82) is 0 Å². The van der Waals surface area contributed by atoms with Crippen molar-refractivity contribution < 1.29 is 9.53 Å². The van der Waals surface area contributed by atoms with E-state index < -0.39 is 0 Å². The maximum absolute atomic E-state index is 13.0. The molecule has 6 heteroatoms. The van der Waals surface area contributed by atoms with Crippen LogP contribution in [-0.2, 0) is 16.1 Å². The number of likely N-dealkylation sites (tertiary alicyclic amines) is 1. The molecular weight excluding hydrogens is 352 g/mol. The highest BCUT2D eigenvalue weighted by molar-refractivity contribution is 5.78. The molecular formula is C22H32N4O2. The Balaban J connectivity index is 1.35. The van der Waals surface area contributed by atoms with E-state index >= 15 is 0 Å². The summed E-state index contributed by atoms with van der Waals surface area (Å²) in [5.41, 5.74) is 2.10. The molecule has 0 radical (unpaired) electrons. The van der Waals surface area contributed by atoms with Crippen molar-refractivity contribution in [1.82, 2.24) is 19.4 Å². The van der Waals surface area contributed by atoms with Crippen LogP contribution in [0.3, 0.4) is 0 Å². The molecule has 152 valence electrons. The number of imidazole rings is 1. The Kier molecular flexibility index (Phi) is 6.27.